The molecule has 0 N–H and O–H groups in total. The lowest BCUT2D eigenvalue weighted by Crippen LogP contribution is -1.89. The molecular weight excluding hydrogens is 257 g/mol. The average Bonchev–Trinajstić information content (AvgIpc) is 2.34. The normalized spacial score (nSPS) is 9.71. The molecule has 4 heteroatoms. The van der Waals surface area contributed by atoms with Gasteiger partial charge in [0.2, 0.25) is 5.88 Å². The van der Waals surface area contributed by atoms with Crippen molar-refractivity contribution < 1.29 is 4.74 Å². The molecule has 0 fully saturated rings. The maximum absolute atomic E-state index is 5.97. The molecular formula is C13H7Cl2NO. The van der Waals surface area contributed by atoms with Crippen LogP contribution in [-0.2, 0) is 0 Å². The van der Waals surface area contributed by atoms with Crippen molar-refractivity contribution in [2.45, 2.75) is 0 Å². The van der Waals surface area contributed by atoms with Crippen LogP contribution in [0.3, 0.4) is 0 Å². The second-order valence-electron chi connectivity index (χ2n) is 3.21. The summed E-state index contributed by atoms with van der Waals surface area (Å²) in [5.41, 5.74) is 0.694. The molecule has 17 heavy (non-hydrogen) atoms. The molecule has 2 nitrogen and oxygen atoms in total. The fourth-order valence-corrected chi connectivity index (χ4v) is 1.64. The molecule has 84 valence electrons. The number of pyridine rings is 1. The van der Waals surface area contributed by atoms with E-state index in [0.717, 1.165) is 0 Å². The molecule has 0 saturated heterocycles. The lowest BCUT2D eigenvalue weighted by Gasteiger charge is -2.06. The summed E-state index contributed by atoms with van der Waals surface area (Å²) in [6.45, 7) is 0. The summed E-state index contributed by atoms with van der Waals surface area (Å²) >= 11 is 11.8. The molecule has 0 spiro atoms. The topological polar surface area (TPSA) is 22.1 Å². The number of terminal acetylenes is 1. The first-order valence-corrected chi connectivity index (χ1v) is 5.50. The molecule has 0 aliphatic heterocycles. The Morgan fingerprint density at radius 3 is 2.59 bits per heavy atom. The zero-order valence-corrected chi connectivity index (χ0v) is 10.2. The number of halogens is 2. The summed E-state index contributed by atoms with van der Waals surface area (Å²) in [5.74, 6) is 3.40. The van der Waals surface area contributed by atoms with Crippen molar-refractivity contribution in [2.75, 3.05) is 0 Å². The standard InChI is InChI=1S/C13H7Cl2NO/c1-2-9-3-6-13(16-8-9)17-12-5-4-10(14)7-11(12)15/h1,3-8H. The molecule has 0 aliphatic rings. The van der Waals surface area contributed by atoms with E-state index in [0.29, 0.717) is 27.2 Å². The minimum Gasteiger partial charge on any atom is -0.437 e. The van der Waals surface area contributed by atoms with E-state index in [9.17, 15) is 0 Å². The molecule has 0 saturated carbocycles. The van der Waals surface area contributed by atoms with Crippen LogP contribution in [0.2, 0.25) is 10.0 Å². The van der Waals surface area contributed by atoms with Gasteiger partial charge in [-0.1, -0.05) is 29.1 Å². The summed E-state index contributed by atoms with van der Waals surface area (Å²) in [6, 6.07) is 8.40. The van der Waals surface area contributed by atoms with Crippen LogP contribution < -0.4 is 4.74 Å². The van der Waals surface area contributed by atoms with Crippen molar-refractivity contribution in [3.8, 4) is 24.0 Å². The first-order valence-electron chi connectivity index (χ1n) is 4.74. The Balaban J connectivity index is 2.23. The summed E-state index contributed by atoms with van der Waals surface area (Å²) in [5, 5.41) is 0.985. The highest BCUT2D eigenvalue weighted by Gasteiger charge is 2.04. The van der Waals surface area contributed by atoms with Crippen LogP contribution in [0.1, 0.15) is 5.56 Å². The second kappa shape index (κ2) is 5.09. The van der Waals surface area contributed by atoms with Crippen LogP contribution in [0.5, 0.6) is 11.6 Å². The summed E-state index contributed by atoms with van der Waals surface area (Å²) < 4.78 is 5.49. The highest BCUT2D eigenvalue weighted by Crippen LogP contribution is 2.30. The fraction of sp³-hybridized carbons (Fsp3) is 0. The van der Waals surface area contributed by atoms with Crippen LogP contribution in [0.15, 0.2) is 36.5 Å². The Bertz CT molecular complexity index is 573. The van der Waals surface area contributed by atoms with E-state index in [-0.39, 0.29) is 0 Å². The Morgan fingerprint density at radius 1 is 1.18 bits per heavy atom. The fourth-order valence-electron chi connectivity index (χ4n) is 1.20. The average molecular weight is 264 g/mol. The number of hydrogen-bond donors (Lipinski definition) is 0. The highest BCUT2D eigenvalue weighted by atomic mass is 35.5. The molecule has 0 unspecified atom stereocenters. The Morgan fingerprint density at radius 2 is 2.00 bits per heavy atom. The number of hydrogen-bond acceptors (Lipinski definition) is 2. The quantitative estimate of drug-likeness (QED) is 0.760. The molecule has 0 amide bonds. The first kappa shape index (κ1) is 11.8. The molecule has 1 aromatic heterocycles. The van der Waals surface area contributed by atoms with Gasteiger partial charge in [-0.2, -0.15) is 0 Å². The van der Waals surface area contributed by atoms with Crippen molar-refractivity contribution in [1.29, 1.82) is 0 Å². The molecule has 2 aromatic rings. The predicted molar refractivity (Wildman–Crippen MR) is 68.7 cm³/mol. The van der Waals surface area contributed by atoms with Crippen molar-refractivity contribution in [3.05, 3.63) is 52.1 Å². The van der Waals surface area contributed by atoms with Gasteiger partial charge in [0, 0.05) is 22.8 Å². The predicted octanol–water partition coefficient (Wildman–Crippen LogP) is 4.16. The number of aromatic nitrogens is 1. The van der Waals surface area contributed by atoms with Crippen LogP contribution >= 0.6 is 23.2 Å². The van der Waals surface area contributed by atoms with Gasteiger partial charge in [-0.25, -0.2) is 4.98 Å². The van der Waals surface area contributed by atoms with Crippen LogP contribution in [0, 0.1) is 12.3 Å². The van der Waals surface area contributed by atoms with Crippen LogP contribution in [0.4, 0.5) is 0 Å². The van der Waals surface area contributed by atoms with Gasteiger partial charge in [0.15, 0.2) is 0 Å². The van der Waals surface area contributed by atoms with Gasteiger partial charge in [0.25, 0.3) is 0 Å². The van der Waals surface area contributed by atoms with Gasteiger partial charge in [-0.3, -0.25) is 0 Å². The molecule has 0 aliphatic carbocycles. The highest BCUT2D eigenvalue weighted by molar-refractivity contribution is 6.35. The minimum absolute atomic E-state index is 0.424. The van der Waals surface area contributed by atoms with E-state index in [2.05, 4.69) is 10.9 Å². The van der Waals surface area contributed by atoms with Gasteiger partial charge in [0.05, 0.1) is 5.02 Å². The number of ether oxygens (including phenoxy) is 1. The minimum atomic E-state index is 0.424. The third-order valence-electron chi connectivity index (χ3n) is 2.01. The van der Waals surface area contributed by atoms with E-state index in [1.54, 1.807) is 36.5 Å². The van der Waals surface area contributed by atoms with Crippen LogP contribution in [-0.4, -0.2) is 4.98 Å². The van der Waals surface area contributed by atoms with Crippen LogP contribution in [0.25, 0.3) is 0 Å². The zero-order valence-electron chi connectivity index (χ0n) is 8.65. The first-order chi connectivity index (χ1) is 8.19. The number of rotatable bonds is 2. The maximum Gasteiger partial charge on any atom is 0.219 e. The van der Waals surface area contributed by atoms with E-state index in [4.69, 9.17) is 34.4 Å². The monoisotopic (exact) mass is 263 g/mol. The molecule has 0 bridgehead atoms. The number of benzene rings is 1. The van der Waals surface area contributed by atoms with Gasteiger partial charge in [0.1, 0.15) is 5.75 Å². The Labute approximate surface area is 109 Å². The lowest BCUT2D eigenvalue weighted by atomic mass is 10.3. The molecule has 0 atom stereocenters. The molecule has 1 aromatic carbocycles. The van der Waals surface area contributed by atoms with E-state index >= 15 is 0 Å². The lowest BCUT2D eigenvalue weighted by molar-refractivity contribution is 0.463. The van der Waals surface area contributed by atoms with E-state index < -0.39 is 0 Å². The Kier molecular flexibility index (Phi) is 3.53. The summed E-state index contributed by atoms with van der Waals surface area (Å²) in [4.78, 5) is 4.05. The Hall–Kier alpha value is -1.69. The third kappa shape index (κ3) is 2.91. The van der Waals surface area contributed by atoms with Crippen molar-refractivity contribution >= 4 is 23.2 Å². The van der Waals surface area contributed by atoms with Gasteiger partial charge < -0.3 is 4.74 Å². The van der Waals surface area contributed by atoms with Crippen molar-refractivity contribution in [2.24, 2.45) is 0 Å². The van der Waals surface area contributed by atoms with Gasteiger partial charge >= 0.3 is 0 Å². The van der Waals surface area contributed by atoms with Crippen molar-refractivity contribution in [1.82, 2.24) is 4.98 Å². The third-order valence-corrected chi connectivity index (χ3v) is 2.54. The zero-order chi connectivity index (χ0) is 12.3. The van der Waals surface area contributed by atoms with Crippen molar-refractivity contribution in [3.63, 3.8) is 0 Å². The molecule has 1 heterocycles. The second-order valence-corrected chi connectivity index (χ2v) is 4.05. The summed E-state index contributed by atoms with van der Waals surface area (Å²) in [6.07, 6.45) is 6.78. The molecule has 2 rings (SSSR count). The van der Waals surface area contributed by atoms with Gasteiger partial charge in [-0.15, -0.1) is 6.42 Å². The van der Waals surface area contributed by atoms with E-state index in [1.807, 2.05) is 0 Å². The maximum atomic E-state index is 5.97. The molecule has 0 radical (unpaired) electrons. The van der Waals surface area contributed by atoms with E-state index in [1.165, 1.54) is 0 Å². The SMILES string of the molecule is C#Cc1ccc(Oc2ccc(Cl)cc2Cl)nc1. The summed E-state index contributed by atoms with van der Waals surface area (Å²) in [7, 11) is 0. The number of nitrogens with zero attached hydrogens (tertiary/aromatic N) is 1. The van der Waals surface area contributed by atoms with Gasteiger partial charge in [-0.05, 0) is 24.3 Å². The smallest absolute Gasteiger partial charge is 0.219 e. The largest absolute Gasteiger partial charge is 0.437 e.